The molecule has 0 aromatic carbocycles. The maximum Gasteiger partial charge on any atom is 0.248 e. The predicted molar refractivity (Wildman–Crippen MR) is 90.6 cm³/mol. The Morgan fingerprint density at radius 3 is 3.04 bits per heavy atom. The summed E-state index contributed by atoms with van der Waals surface area (Å²) in [7, 11) is 1.71. The van der Waals surface area contributed by atoms with Crippen molar-refractivity contribution in [1.82, 2.24) is 15.0 Å². The number of nitrogens with zero attached hydrogens (tertiary/aromatic N) is 3. The lowest BCUT2D eigenvalue weighted by atomic mass is 10.1. The Hall–Kier alpha value is -2.25. The van der Waals surface area contributed by atoms with E-state index in [4.69, 9.17) is 14.0 Å². The van der Waals surface area contributed by atoms with E-state index < -0.39 is 0 Å². The summed E-state index contributed by atoms with van der Waals surface area (Å²) < 4.78 is 16.4. The third kappa shape index (κ3) is 5.11. The van der Waals surface area contributed by atoms with Gasteiger partial charge >= 0.3 is 0 Å². The average molecular weight is 345 g/mol. The zero-order chi connectivity index (χ0) is 17.5. The maximum absolute atomic E-state index is 12.2. The molecule has 0 saturated carbocycles. The number of rotatable bonds is 7. The van der Waals surface area contributed by atoms with Crippen LogP contribution in [0.1, 0.15) is 25.0 Å². The number of pyridine rings is 1. The van der Waals surface area contributed by atoms with E-state index in [1.807, 2.05) is 18.2 Å². The minimum atomic E-state index is -0.105. The Morgan fingerprint density at radius 2 is 2.28 bits per heavy atom. The van der Waals surface area contributed by atoms with Crippen LogP contribution < -0.4 is 0 Å². The van der Waals surface area contributed by atoms with Crippen LogP contribution >= 0.6 is 0 Å². The van der Waals surface area contributed by atoms with Crippen LogP contribution in [0, 0.1) is 0 Å². The fraction of sp³-hybridized carbons (Fsp3) is 0.500. The number of amides is 1. The van der Waals surface area contributed by atoms with Gasteiger partial charge in [0.1, 0.15) is 12.3 Å². The number of aromatic nitrogens is 2. The fourth-order valence-corrected chi connectivity index (χ4v) is 2.67. The number of ether oxygens (including phenoxy) is 2. The fourth-order valence-electron chi connectivity index (χ4n) is 2.67. The molecule has 1 saturated heterocycles. The Kier molecular flexibility index (Phi) is 6.14. The Morgan fingerprint density at radius 1 is 1.36 bits per heavy atom. The Balaban J connectivity index is 1.44. The molecule has 134 valence electrons. The van der Waals surface area contributed by atoms with Gasteiger partial charge in [0, 0.05) is 25.9 Å². The van der Waals surface area contributed by atoms with E-state index in [0.29, 0.717) is 24.6 Å². The first-order valence-corrected chi connectivity index (χ1v) is 8.52. The summed E-state index contributed by atoms with van der Waals surface area (Å²) in [6, 6.07) is 7.38. The average Bonchev–Trinajstić information content (AvgIpc) is 3.12. The monoisotopic (exact) mass is 345 g/mol. The van der Waals surface area contributed by atoms with Gasteiger partial charge in [-0.2, -0.15) is 0 Å². The van der Waals surface area contributed by atoms with Crippen molar-refractivity contribution in [2.24, 2.45) is 0 Å². The van der Waals surface area contributed by atoms with Crippen molar-refractivity contribution < 1.29 is 18.8 Å². The van der Waals surface area contributed by atoms with Crippen molar-refractivity contribution in [2.75, 3.05) is 26.9 Å². The lowest BCUT2D eigenvalue weighted by Gasteiger charge is -2.22. The number of carbonyl (C=O) groups is 1. The summed E-state index contributed by atoms with van der Waals surface area (Å²) in [6.07, 6.45) is 5.08. The predicted octanol–water partition coefficient (Wildman–Crippen LogP) is 2.28. The lowest BCUT2D eigenvalue weighted by molar-refractivity contribution is -0.137. The highest BCUT2D eigenvalue weighted by molar-refractivity contribution is 5.77. The minimum Gasteiger partial charge on any atom is -0.376 e. The van der Waals surface area contributed by atoms with Gasteiger partial charge < -0.3 is 18.9 Å². The zero-order valence-corrected chi connectivity index (χ0v) is 14.4. The van der Waals surface area contributed by atoms with Gasteiger partial charge in [-0.15, -0.1) is 0 Å². The molecule has 1 atom stereocenters. The molecule has 25 heavy (non-hydrogen) atoms. The van der Waals surface area contributed by atoms with Gasteiger partial charge in [0.2, 0.25) is 5.91 Å². The summed E-state index contributed by atoms with van der Waals surface area (Å²) in [6.45, 7) is 1.62. The first-order valence-electron chi connectivity index (χ1n) is 8.52. The topological polar surface area (TPSA) is 77.7 Å². The van der Waals surface area contributed by atoms with Crippen LogP contribution in [0.15, 0.2) is 35.0 Å². The molecule has 0 aliphatic carbocycles. The molecular formula is C18H23N3O4. The molecular weight excluding hydrogens is 322 g/mol. The first kappa shape index (κ1) is 17.6. The molecule has 0 N–H and O–H groups in total. The summed E-state index contributed by atoms with van der Waals surface area (Å²) in [4.78, 5) is 17.9. The van der Waals surface area contributed by atoms with Gasteiger partial charge in [-0.3, -0.25) is 9.78 Å². The quantitative estimate of drug-likeness (QED) is 0.766. The van der Waals surface area contributed by atoms with Crippen molar-refractivity contribution in [2.45, 2.75) is 31.9 Å². The second-order valence-electron chi connectivity index (χ2n) is 6.15. The molecule has 7 heteroatoms. The van der Waals surface area contributed by atoms with E-state index in [2.05, 4.69) is 10.1 Å². The van der Waals surface area contributed by atoms with Crippen molar-refractivity contribution in [1.29, 1.82) is 0 Å². The molecule has 1 amide bonds. The van der Waals surface area contributed by atoms with Gasteiger partial charge in [0.05, 0.1) is 24.9 Å². The standard InChI is InChI=1S/C18H23N3O4/c1-21(18(22)13-23-12-14-6-3-5-9-24-14)11-15-10-17(20-25-15)16-7-2-4-8-19-16/h2,4,7-8,10,14H,3,5-6,9,11-13H2,1H3/t14-/m1/s1. The highest BCUT2D eigenvalue weighted by Gasteiger charge is 2.17. The highest BCUT2D eigenvalue weighted by Crippen LogP contribution is 2.17. The largest absolute Gasteiger partial charge is 0.376 e. The summed E-state index contributed by atoms with van der Waals surface area (Å²) in [5, 5.41) is 4.00. The molecule has 0 bridgehead atoms. The van der Waals surface area contributed by atoms with Crippen LogP contribution in [-0.2, 0) is 20.8 Å². The molecule has 2 aromatic heterocycles. The minimum absolute atomic E-state index is 0.0393. The molecule has 0 radical (unpaired) electrons. The molecule has 1 fully saturated rings. The molecule has 7 nitrogen and oxygen atoms in total. The normalized spacial score (nSPS) is 17.4. The van der Waals surface area contributed by atoms with Gasteiger partial charge in [-0.25, -0.2) is 0 Å². The smallest absolute Gasteiger partial charge is 0.248 e. The molecule has 3 heterocycles. The molecule has 0 unspecified atom stereocenters. The van der Waals surface area contributed by atoms with Crippen LogP contribution in [0.5, 0.6) is 0 Å². The van der Waals surface area contributed by atoms with Crippen molar-refractivity contribution >= 4 is 5.91 Å². The maximum atomic E-state index is 12.2. The van der Waals surface area contributed by atoms with Crippen LogP contribution in [0.4, 0.5) is 0 Å². The summed E-state index contributed by atoms with van der Waals surface area (Å²) >= 11 is 0. The van der Waals surface area contributed by atoms with E-state index in [-0.39, 0.29) is 18.6 Å². The molecule has 1 aliphatic heterocycles. The number of likely N-dealkylation sites (N-methyl/N-ethyl adjacent to an activating group) is 1. The Bertz CT molecular complexity index is 668. The van der Waals surface area contributed by atoms with Crippen molar-refractivity contribution in [3.8, 4) is 11.4 Å². The van der Waals surface area contributed by atoms with Crippen LogP contribution in [0.2, 0.25) is 0 Å². The van der Waals surface area contributed by atoms with E-state index in [9.17, 15) is 4.79 Å². The second-order valence-corrected chi connectivity index (χ2v) is 6.15. The number of hydrogen-bond acceptors (Lipinski definition) is 6. The first-order chi connectivity index (χ1) is 12.2. The van der Waals surface area contributed by atoms with Gasteiger partial charge in [-0.05, 0) is 31.4 Å². The van der Waals surface area contributed by atoms with Crippen LogP contribution in [0.25, 0.3) is 11.4 Å². The molecule has 1 aliphatic rings. The third-order valence-electron chi connectivity index (χ3n) is 4.11. The van der Waals surface area contributed by atoms with Gasteiger partial charge in [0.15, 0.2) is 5.76 Å². The molecule has 3 rings (SSSR count). The highest BCUT2D eigenvalue weighted by atomic mass is 16.5. The summed E-state index contributed by atoms with van der Waals surface area (Å²) in [5.74, 6) is 0.499. The van der Waals surface area contributed by atoms with Crippen LogP contribution in [-0.4, -0.2) is 53.9 Å². The van der Waals surface area contributed by atoms with Gasteiger partial charge in [0.25, 0.3) is 0 Å². The SMILES string of the molecule is CN(Cc1cc(-c2ccccn2)no1)C(=O)COC[C@H]1CCCCO1. The van der Waals surface area contributed by atoms with Crippen molar-refractivity contribution in [3.63, 3.8) is 0 Å². The lowest BCUT2D eigenvalue weighted by Crippen LogP contribution is -2.32. The molecule has 0 spiro atoms. The van der Waals surface area contributed by atoms with Gasteiger partial charge in [-0.1, -0.05) is 11.2 Å². The van der Waals surface area contributed by atoms with Crippen LogP contribution in [0.3, 0.4) is 0 Å². The molecule has 2 aromatic rings. The number of carbonyl (C=O) groups excluding carboxylic acids is 1. The van der Waals surface area contributed by atoms with E-state index in [1.165, 1.54) is 0 Å². The van der Waals surface area contributed by atoms with Crippen molar-refractivity contribution in [3.05, 3.63) is 36.2 Å². The zero-order valence-electron chi connectivity index (χ0n) is 14.4. The third-order valence-corrected chi connectivity index (χ3v) is 4.11. The number of hydrogen-bond donors (Lipinski definition) is 0. The van der Waals surface area contributed by atoms with E-state index in [1.54, 1.807) is 24.2 Å². The van der Waals surface area contributed by atoms with E-state index >= 15 is 0 Å². The van der Waals surface area contributed by atoms with E-state index in [0.717, 1.165) is 31.6 Å². The summed E-state index contributed by atoms with van der Waals surface area (Å²) in [5.41, 5.74) is 1.39. The second kappa shape index (κ2) is 8.73. The Labute approximate surface area is 146 Å².